The second-order valence-corrected chi connectivity index (χ2v) is 5.10. The van der Waals surface area contributed by atoms with Gasteiger partial charge in [0.15, 0.2) is 0 Å². The van der Waals surface area contributed by atoms with Gasteiger partial charge in [-0.25, -0.2) is 0 Å². The van der Waals surface area contributed by atoms with Gasteiger partial charge in [0, 0.05) is 38.9 Å². The van der Waals surface area contributed by atoms with Gasteiger partial charge in [0.2, 0.25) is 0 Å². The number of likely N-dealkylation sites (tertiary alicyclic amines) is 1. The molecule has 1 fully saturated rings. The lowest BCUT2D eigenvalue weighted by Crippen LogP contribution is -2.38. The van der Waals surface area contributed by atoms with Crippen LogP contribution in [0, 0.1) is 10.1 Å². The molecule has 1 N–H and O–H groups in total. The fourth-order valence-electron chi connectivity index (χ4n) is 2.52. The molecule has 2 rings (SSSR count). The lowest BCUT2D eigenvalue weighted by molar-refractivity contribution is -0.385. The summed E-state index contributed by atoms with van der Waals surface area (Å²) in [6.45, 7) is 2.26. The Morgan fingerprint density at radius 3 is 2.80 bits per heavy atom. The summed E-state index contributed by atoms with van der Waals surface area (Å²) in [6, 6.07) is 6.19. The molecule has 0 aliphatic carbocycles. The van der Waals surface area contributed by atoms with Gasteiger partial charge in [-0.15, -0.1) is 0 Å². The molecule has 1 aliphatic rings. The van der Waals surface area contributed by atoms with Crippen molar-refractivity contribution in [1.82, 2.24) is 4.90 Å². The fraction of sp³-hybridized carbons (Fsp3) is 0.571. The summed E-state index contributed by atoms with van der Waals surface area (Å²) in [5.41, 5.74) is 0.604. The number of hydrogen-bond acceptors (Lipinski definition) is 5. The zero-order valence-electron chi connectivity index (χ0n) is 11.6. The van der Waals surface area contributed by atoms with Crippen LogP contribution in [0.4, 0.5) is 5.69 Å². The normalized spacial score (nSPS) is 18.9. The summed E-state index contributed by atoms with van der Waals surface area (Å²) >= 11 is 0. The first-order valence-electron chi connectivity index (χ1n) is 6.77. The molecule has 1 atom stereocenters. The molecule has 1 aliphatic heterocycles. The molecular formula is C14H20N2O4. The Balaban J connectivity index is 1.93. The van der Waals surface area contributed by atoms with E-state index in [4.69, 9.17) is 4.74 Å². The molecule has 0 bridgehead atoms. The van der Waals surface area contributed by atoms with Crippen LogP contribution in [0.5, 0.6) is 0 Å². The Bertz CT molecular complexity index is 458. The third-order valence-corrected chi connectivity index (χ3v) is 3.76. The molecule has 1 heterocycles. The molecule has 20 heavy (non-hydrogen) atoms. The van der Waals surface area contributed by atoms with Gasteiger partial charge in [0.05, 0.1) is 17.1 Å². The van der Waals surface area contributed by atoms with E-state index < -0.39 is 11.0 Å². The van der Waals surface area contributed by atoms with Gasteiger partial charge >= 0.3 is 0 Å². The van der Waals surface area contributed by atoms with E-state index >= 15 is 0 Å². The molecular weight excluding hydrogens is 260 g/mol. The number of nitrogens with zero attached hydrogens (tertiary/aromatic N) is 2. The zero-order chi connectivity index (χ0) is 14.5. The van der Waals surface area contributed by atoms with Crippen LogP contribution in [0.1, 0.15) is 24.5 Å². The number of benzene rings is 1. The Labute approximate surface area is 118 Å². The average molecular weight is 280 g/mol. The number of methoxy groups -OCH3 is 1. The first-order valence-corrected chi connectivity index (χ1v) is 6.77. The fourth-order valence-corrected chi connectivity index (χ4v) is 2.52. The highest BCUT2D eigenvalue weighted by Crippen LogP contribution is 2.22. The van der Waals surface area contributed by atoms with Gasteiger partial charge in [-0.1, -0.05) is 12.1 Å². The van der Waals surface area contributed by atoms with Crippen molar-refractivity contribution in [3.05, 3.63) is 39.9 Å². The van der Waals surface area contributed by atoms with Crippen LogP contribution in [0.2, 0.25) is 0 Å². The number of nitro benzene ring substituents is 1. The molecule has 0 spiro atoms. The summed E-state index contributed by atoms with van der Waals surface area (Å²) < 4.78 is 5.31. The van der Waals surface area contributed by atoms with Gasteiger partial charge in [0.25, 0.3) is 5.69 Å². The topological polar surface area (TPSA) is 75.8 Å². The third kappa shape index (κ3) is 3.75. The Hall–Kier alpha value is -1.50. The maximum absolute atomic E-state index is 10.7. The third-order valence-electron chi connectivity index (χ3n) is 3.76. The maximum Gasteiger partial charge on any atom is 0.269 e. The number of aliphatic hydroxyl groups is 1. The first-order chi connectivity index (χ1) is 9.60. The minimum atomic E-state index is -0.700. The van der Waals surface area contributed by atoms with Crippen molar-refractivity contribution in [3.63, 3.8) is 0 Å². The van der Waals surface area contributed by atoms with Crippen molar-refractivity contribution in [3.8, 4) is 0 Å². The molecule has 0 radical (unpaired) electrons. The maximum atomic E-state index is 10.7. The lowest BCUT2D eigenvalue weighted by atomic mass is 10.0. The SMILES string of the molecule is COC1CCN(CC(O)c2cccc([N+](=O)[O-])c2)CC1. The quantitative estimate of drug-likeness (QED) is 0.656. The molecule has 1 aromatic rings. The van der Waals surface area contributed by atoms with Crippen molar-refractivity contribution in [2.24, 2.45) is 0 Å². The zero-order valence-corrected chi connectivity index (χ0v) is 11.6. The van der Waals surface area contributed by atoms with E-state index in [0.717, 1.165) is 25.9 Å². The number of non-ortho nitro benzene ring substituents is 1. The van der Waals surface area contributed by atoms with E-state index in [1.165, 1.54) is 12.1 Å². The average Bonchev–Trinajstić information content (AvgIpc) is 2.48. The van der Waals surface area contributed by atoms with Crippen molar-refractivity contribution in [2.75, 3.05) is 26.7 Å². The number of ether oxygens (including phenoxy) is 1. The molecule has 0 amide bonds. The van der Waals surface area contributed by atoms with Crippen LogP contribution < -0.4 is 0 Å². The monoisotopic (exact) mass is 280 g/mol. The van der Waals surface area contributed by atoms with Crippen molar-refractivity contribution < 1.29 is 14.8 Å². The molecule has 1 saturated heterocycles. The van der Waals surface area contributed by atoms with E-state index in [-0.39, 0.29) is 5.69 Å². The lowest BCUT2D eigenvalue weighted by Gasteiger charge is -2.32. The van der Waals surface area contributed by atoms with E-state index in [9.17, 15) is 15.2 Å². The van der Waals surface area contributed by atoms with Crippen molar-refractivity contribution >= 4 is 5.69 Å². The van der Waals surface area contributed by atoms with Crippen LogP contribution in [0.25, 0.3) is 0 Å². The van der Waals surface area contributed by atoms with Gasteiger partial charge in [-0.2, -0.15) is 0 Å². The Morgan fingerprint density at radius 2 is 2.20 bits per heavy atom. The predicted octanol–water partition coefficient (Wildman–Crippen LogP) is 1.74. The van der Waals surface area contributed by atoms with Crippen molar-refractivity contribution in [1.29, 1.82) is 0 Å². The van der Waals surface area contributed by atoms with Crippen molar-refractivity contribution in [2.45, 2.75) is 25.0 Å². The van der Waals surface area contributed by atoms with E-state index in [2.05, 4.69) is 4.90 Å². The van der Waals surface area contributed by atoms with Crippen LogP contribution in [0.3, 0.4) is 0 Å². The number of piperidine rings is 1. The first kappa shape index (κ1) is 14.9. The summed E-state index contributed by atoms with van der Waals surface area (Å²) in [5, 5.41) is 20.9. The van der Waals surface area contributed by atoms with Crippen LogP contribution in [-0.2, 0) is 4.74 Å². The van der Waals surface area contributed by atoms with E-state index in [1.807, 2.05) is 0 Å². The Kier molecular flexibility index (Phi) is 5.05. The minimum absolute atomic E-state index is 0.0136. The van der Waals surface area contributed by atoms with Gasteiger partial charge in [0.1, 0.15) is 0 Å². The number of hydrogen-bond donors (Lipinski definition) is 1. The minimum Gasteiger partial charge on any atom is -0.387 e. The Morgan fingerprint density at radius 1 is 1.50 bits per heavy atom. The highest BCUT2D eigenvalue weighted by atomic mass is 16.6. The van der Waals surface area contributed by atoms with Crippen LogP contribution in [0.15, 0.2) is 24.3 Å². The summed E-state index contributed by atoms with van der Waals surface area (Å²) in [4.78, 5) is 12.5. The van der Waals surface area contributed by atoms with Gasteiger partial charge in [-0.05, 0) is 18.4 Å². The highest BCUT2D eigenvalue weighted by Gasteiger charge is 2.21. The second kappa shape index (κ2) is 6.78. The summed E-state index contributed by atoms with van der Waals surface area (Å²) in [5.74, 6) is 0. The second-order valence-electron chi connectivity index (χ2n) is 5.10. The summed E-state index contributed by atoms with van der Waals surface area (Å²) in [6.07, 6.45) is 1.52. The molecule has 6 heteroatoms. The molecule has 6 nitrogen and oxygen atoms in total. The standard InChI is InChI=1S/C14H20N2O4/c1-20-13-5-7-15(8-6-13)10-14(17)11-3-2-4-12(9-11)16(18)19/h2-4,9,13-14,17H,5-8,10H2,1H3. The molecule has 110 valence electrons. The smallest absolute Gasteiger partial charge is 0.269 e. The molecule has 1 unspecified atom stereocenters. The van der Waals surface area contributed by atoms with Crippen LogP contribution in [-0.4, -0.2) is 47.8 Å². The molecule has 1 aromatic carbocycles. The molecule has 0 saturated carbocycles. The number of aliphatic hydroxyl groups excluding tert-OH is 1. The van der Waals surface area contributed by atoms with Gasteiger partial charge in [-0.3, -0.25) is 10.1 Å². The number of nitro groups is 1. The number of β-amino-alcohol motifs (C(OH)–C–C–N with tert-alkyl or cyclic N) is 1. The van der Waals surface area contributed by atoms with E-state index in [1.54, 1.807) is 19.2 Å². The summed E-state index contributed by atoms with van der Waals surface area (Å²) in [7, 11) is 1.72. The number of rotatable bonds is 5. The van der Waals surface area contributed by atoms with Crippen LogP contribution >= 0.6 is 0 Å². The highest BCUT2D eigenvalue weighted by molar-refractivity contribution is 5.35. The molecule has 0 aromatic heterocycles. The predicted molar refractivity (Wildman–Crippen MR) is 74.5 cm³/mol. The van der Waals surface area contributed by atoms with E-state index in [0.29, 0.717) is 18.2 Å². The van der Waals surface area contributed by atoms with Gasteiger partial charge < -0.3 is 14.7 Å². The largest absolute Gasteiger partial charge is 0.387 e.